The van der Waals surface area contributed by atoms with Gasteiger partial charge in [0.15, 0.2) is 5.65 Å². The molecule has 2 aliphatic rings. The van der Waals surface area contributed by atoms with Crippen molar-refractivity contribution in [3.63, 3.8) is 0 Å². The smallest absolute Gasteiger partial charge is 0.258 e. The van der Waals surface area contributed by atoms with E-state index < -0.39 is 5.82 Å². The van der Waals surface area contributed by atoms with Crippen molar-refractivity contribution in [1.82, 2.24) is 24.8 Å². The van der Waals surface area contributed by atoms with Gasteiger partial charge in [0.05, 0.1) is 46.9 Å². The van der Waals surface area contributed by atoms with E-state index in [1.165, 1.54) is 25.1 Å². The molecular formula is C25H27ClFN5O3. The molecule has 1 saturated carbocycles. The number of aryl methyl sites for hydroxylation is 2. The molecule has 3 aromatic rings. The Morgan fingerprint density at radius 3 is 2.63 bits per heavy atom. The van der Waals surface area contributed by atoms with Gasteiger partial charge in [-0.2, -0.15) is 5.10 Å². The van der Waals surface area contributed by atoms with Crippen molar-refractivity contribution in [2.75, 3.05) is 0 Å². The Morgan fingerprint density at radius 2 is 1.91 bits per heavy atom. The van der Waals surface area contributed by atoms with Gasteiger partial charge in [-0.15, -0.1) is 0 Å². The maximum absolute atomic E-state index is 14.1. The van der Waals surface area contributed by atoms with Gasteiger partial charge in [0, 0.05) is 24.6 Å². The number of carbonyl (C=O) groups is 2. The van der Waals surface area contributed by atoms with Crippen molar-refractivity contribution < 1.29 is 18.7 Å². The fourth-order valence-electron chi connectivity index (χ4n) is 4.99. The number of nitrogens with one attached hydrogen (secondary N) is 1. The average molecular weight is 500 g/mol. The summed E-state index contributed by atoms with van der Waals surface area (Å²) < 4.78 is 22.0. The molecule has 0 unspecified atom stereocenters. The number of hydrogen-bond acceptors (Lipinski definition) is 5. The molecule has 0 atom stereocenters. The highest BCUT2D eigenvalue weighted by Gasteiger charge is 2.32. The van der Waals surface area contributed by atoms with Gasteiger partial charge in [-0.25, -0.2) is 13.9 Å². The molecular weight excluding hydrogens is 473 g/mol. The third kappa shape index (κ3) is 4.45. The summed E-state index contributed by atoms with van der Waals surface area (Å²) in [4.78, 5) is 31.1. The second-order valence-corrected chi connectivity index (χ2v) is 9.73. The molecule has 1 aromatic carbocycles. The molecule has 0 radical (unpaired) electrons. The van der Waals surface area contributed by atoms with Crippen LogP contribution < -0.4 is 10.1 Å². The molecule has 184 valence electrons. The monoisotopic (exact) mass is 499 g/mol. The molecule has 35 heavy (non-hydrogen) atoms. The summed E-state index contributed by atoms with van der Waals surface area (Å²) in [6.45, 7) is 5.92. The van der Waals surface area contributed by atoms with Crippen LogP contribution in [0.4, 0.5) is 4.39 Å². The topological polar surface area (TPSA) is 88.8 Å². The van der Waals surface area contributed by atoms with Crippen LogP contribution in [0.15, 0.2) is 18.2 Å². The summed E-state index contributed by atoms with van der Waals surface area (Å²) in [5.41, 5.74) is 4.20. The van der Waals surface area contributed by atoms with E-state index in [-0.39, 0.29) is 29.7 Å². The van der Waals surface area contributed by atoms with E-state index in [2.05, 4.69) is 15.4 Å². The Morgan fingerprint density at radius 1 is 1.17 bits per heavy atom. The Kier molecular flexibility index (Phi) is 6.13. The molecule has 8 nitrogen and oxygen atoms in total. The number of carbonyl (C=O) groups excluding carboxylic acids is 2. The second-order valence-electron chi connectivity index (χ2n) is 9.35. The number of hydrogen-bond donors (Lipinski definition) is 1. The lowest BCUT2D eigenvalue weighted by Crippen LogP contribution is -2.38. The second kappa shape index (κ2) is 9.11. The highest BCUT2D eigenvalue weighted by atomic mass is 35.5. The molecule has 1 aliphatic heterocycles. The first-order chi connectivity index (χ1) is 16.7. The van der Waals surface area contributed by atoms with Gasteiger partial charge in [-0.3, -0.25) is 9.59 Å². The van der Waals surface area contributed by atoms with Crippen LogP contribution in [0.1, 0.15) is 65.6 Å². The van der Waals surface area contributed by atoms with E-state index in [1.807, 2.05) is 13.8 Å². The van der Waals surface area contributed by atoms with Gasteiger partial charge >= 0.3 is 0 Å². The molecule has 1 N–H and O–H groups in total. The summed E-state index contributed by atoms with van der Waals surface area (Å²) in [6, 6.07) is 4.15. The van der Waals surface area contributed by atoms with Crippen molar-refractivity contribution in [2.45, 2.75) is 71.7 Å². The Balaban J connectivity index is 1.34. The fraction of sp³-hybridized carbons (Fsp3) is 0.440. The molecule has 10 heteroatoms. The molecule has 5 rings (SSSR count). The van der Waals surface area contributed by atoms with Crippen LogP contribution in [0.2, 0.25) is 5.02 Å². The van der Waals surface area contributed by atoms with Gasteiger partial charge in [0.25, 0.3) is 5.91 Å². The van der Waals surface area contributed by atoms with Gasteiger partial charge < -0.3 is 15.0 Å². The average Bonchev–Trinajstić information content (AvgIpc) is 3.37. The highest BCUT2D eigenvalue weighted by Crippen LogP contribution is 2.33. The lowest BCUT2D eigenvalue weighted by molar-refractivity contribution is -0.120. The van der Waals surface area contributed by atoms with Crippen LogP contribution in [0.5, 0.6) is 5.75 Å². The maximum atomic E-state index is 14.1. The zero-order valence-corrected chi connectivity index (χ0v) is 20.7. The van der Waals surface area contributed by atoms with Crippen molar-refractivity contribution in [1.29, 1.82) is 0 Å². The predicted octanol–water partition coefficient (Wildman–Crippen LogP) is 4.12. The number of nitrogens with zero attached hydrogens (tertiary/aromatic N) is 4. The van der Waals surface area contributed by atoms with Crippen LogP contribution in [-0.2, 0) is 17.9 Å². The molecule has 1 aliphatic carbocycles. The molecule has 0 spiro atoms. The molecule has 2 aromatic heterocycles. The van der Waals surface area contributed by atoms with Gasteiger partial charge in [0.1, 0.15) is 11.6 Å². The number of aromatic nitrogens is 3. The SMILES string of the molecule is CC(=O)N[C@H]1CC[C@@H](Oc2cc(F)ccc2C(=O)N2Cc3nn4c(C)c(Cl)c(C)nc4c3C2)CC1. The van der Waals surface area contributed by atoms with E-state index in [1.54, 1.807) is 9.42 Å². The third-order valence-corrected chi connectivity index (χ3v) is 7.34. The number of amides is 2. The van der Waals surface area contributed by atoms with E-state index in [4.69, 9.17) is 16.3 Å². The first-order valence-electron chi connectivity index (χ1n) is 11.8. The Labute approximate surface area is 207 Å². The lowest BCUT2D eigenvalue weighted by Gasteiger charge is -2.30. The molecule has 1 fully saturated rings. The highest BCUT2D eigenvalue weighted by molar-refractivity contribution is 6.31. The standard InChI is InChI=1S/C25H27ClFN5O3/c1-13-23(26)14(2)32-24(28-13)20-11-31(12-21(20)30-32)25(34)19-9-4-16(27)10-22(19)35-18-7-5-17(6-8-18)29-15(3)33/h4,9-10,17-18H,5-8,11-12H2,1-3H3,(H,29,33)/t17-,18+. The summed E-state index contributed by atoms with van der Waals surface area (Å²) >= 11 is 6.33. The molecule has 0 bridgehead atoms. The summed E-state index contributed by atoms with van der Waals surface area (Å²) in [7, 11) is 0. The quantitative estimate of drug-likeness (QED) is 0.583. The third-order valence-electron chi connectivity index (χ3n) is 6.79. The summed E-state index contributed by atoms with van der Waals surface area (Å²) in [6.07, 6.45) is 2.84. The van der Waals surface area contributed by atoms with Crippen molar-refractivity contribution in [2.24, 2.45) is 0 Å². The van der Waals surface area contributed by atoms with Crippen LogP contribution in [0.25, 0.3) is 5.65 Å². The number of fused-ring (bicyclic) bond motifs is 3. The largest absolute Gasteiger partial charge is 0.489 e. The Hall–Kier alpha value is -3.20. The number of halogens is 2. The van der Waals surface area contributed by atoms with Gasteiger partial charge in [0.2, 0.25) is 5.91 Å². The number of benzene rings is 1. The molecule has 0 saturated heterocycles. The molecule has 2 amide bonds. The summed E-state index contributed by atoms with van der Waals surface area (Å²) in [5.74, 6) is -0.508. The zero-order chi connectivity index (χ0) is 24.9. The van der Waals surface area contributed by atoms with Gasteiger partial charge in [-0.1, -0.05) is 11.6 Å². The predicted molar refractivity (Wildman–Crippen MR) is 128 cm³/mol. The van der Waals surface area contributed by atoms with Crippen molar-refractivity contribution >= 4 is 29.1 Å². The van der Waals surface area contributed by atoms with E-state index in [9.17, 15) is 14.0 Å². The minimum atomic E-state index is -0.460. The Bertz CT molecular complexity index is 1330. The van der Waals surface area contributed by atoms with Crippen molar-refractivity contribution in [3.05, 3.63) is 57.2 Å². The minimum absolute atomic E-state index is 0.0464. The zero-order valence-electron chi connectivity index (χ0n) is 19.9. The maximum Gasteiger partial charge on any atom is 0.258 e. The van der Waals surface area contributed by atoms with E-state index >= 15 is 0 Å². The summed E-state index contributed by atoms with van der Waals surface area (Å²) in [5, 5.41) is 8.14. The van der Waals surface area contributed by atoms with Crippen LogP contribution in [-0.4, -0.2) is 43.5 Å². The van der Waals surface area contributed by atoms with Crippen LogP contribution in [0, 0.1) is 19.7 Å². The van der Waals surface area contributed by atoms with Crippen molar-refractivity contribution in [3.8, 4) is 5.75 Å². The first-order valence-corrected chi connectivity index (χ1v) is 12.1. The molecule has 3 heterocycles. The first kappa shape index (κ1) is 23.5. The lowest BCUT2D eigenvalue weighted by atomic mass is 9.93. The number of rotatable bonds is 4. The van der Waals surface area contributed by atoms with E-state index in [0.717, 1.165) is 29.8 Å². The van der Waals surface area contributed by atoms with Crippen LogP contribution >= 0.6 is 11.6 Å². The normalized spacial score (nSPS) is 19.6. The minimum Gasteiger partial charge on any atom is -0.489 e. The van der Waals surface area contributed by atoms with Crippen LogP contribution in [0.3, 0.4) is 0 Å². The van der Waals surface area contributed by atoms with E-state index in [0.29, 0.717) is 47.9 Å². The van der Waals surface area contributed by atoms with Gasteiger partial charge in [-0.05, 0) is 51.7 Å². The fourth-order valence-corrected chi connectivity index (χ4v) is 5.11. The number of ether oxygens (including phenoxy) is 1.